The molecule has 1 amide bonds. The van der Waals surface area contributed by atoms with Crippen LogP contribution in [-0.4, -0.2) is 28.5 Å². The Morgan fingerprint density at radius 1 is 1.30 bits per heavy atom. The summed E-state index contributed by atoms with van der Waals surface area (Å²) in [6.07, 6.45) is 3.51. The van der Waals surface area contributed by atoms with E-state index in [9.17, 15) is 9.59 Å². The van der Waals surface area contributed by atoms with Crippen molar-refractivity contribution in [1.29, 1.82) is 0 Å². The first-order valence-corrected chi connectivity index (χ1v) is 6.70. The van der Waals surface area contributed by atoms with E-state index in [-0.39, 0.29) is 5.91 Å². The van der Waals surface area contributed by atoms with Crippen LogP contribution in [0.2, 0.25) is 0 Å². The maximum absolute atomic E-state index is 11.9. The molecule has 5 nitrogen and oxygen atoms in total. The number of amides is 1. The van der Waals surface area contributed by atoms with Crippen LogP contribution < -0.4 is 5.32 Å². The van der Waals surface area contributed by atoms with Gasteiger partial charge < -0.3 is 15.4 Å². The van der Waals surface area contributed by atoms with Crippen molar-refractivity contribution in [2.24, 2.45) is 5.41 Å². The molecule has 2 aromatic rings. The lowest BCUT2D eigenvalue weighted by Crippen LogP contribution is -2.37. The van der Waals surface area contributed by atoms with E-state index in [1.165, 1.54) is 0 Å². The number of H-pyrrole nitrogens is 1. The fourth-order valence-corrected chi connectivity index (χ4v) is 2.48. The number of benzene rings is 1. The number of para-hydroxylation sites is 1. The van der Waals surface area contributed by atoms with Gasteiger partial charge in [-0.1, -0.05) is 18.2 Å². The first kappa shape index (κ1) is 12.7. The molecule has 1 aromatic carbocycles. The highest BCUT2D eigenvalue weighted by Gasteiger charge is 2.56. The van der Waals surface area contributed by atoms with E-state index in [0.717, 1.165) is 16.5 Å². The zero-order valence-corrected chi connectivity index (χ0v) is 11.0. The summed E-state index contributed by atoms with van der Waals surface area (Å²) in [7, 11) is 0. The molecular weight excluding hydrogens is 256 g/mol. The number of carboxylic acids is 1. The third-order valence-corrected chi connectivity index (χ3v) is 3.95. The average Bonchev–Trinajstić information content (AvgIpc) is 3.17. The smallest absolute Gasteiger partial charge is 0.319 e. The molecule has 1 aliphatic rings. The second kappa shape index (κ2) is 4.67. The Labute approximate surface area is 116 Å². The summed E-state index contributed by atoms with van der Waals surface area (Å²) in [5.74, 6) is -1.37. The van der Waals surface area contributed by atoms with Crippen LogP contribution in [0.5, 0.6) is 0 Å². The van der Waals surface area contributed by atoms with Crippen molar-refractivity contribution in [3.63, 3.8) is 0 Å². The van der Waals surface area contributed by atoms with E-state index in [0.29, 0.717) is 25.8 Å². The van der Waals surface area contributed by atoms with Crippen molar-refractivity contribution in [3.05, 3.63) is 36.0 Å². The van der Waals surface area contributed by atoms with Crippen LogP contribution >= 0.6 is 0 Å². The SMILES string of the molecule is O=C(O)C1(C(=O)NCCc2c[nH]c3ccccc23)CC1. The summed E-state index contributed by atoms with van der Waals surface area (Å²) >= 11 is 0. The minimum absolute atomic E-state index is 0.357. The van der Waals surface area contributed by atoms with Gasteiger partial charge in [-0.05, 0) is 30.9 Å². The lowest BCUT2D eigenvalue weighted by molar-refractivity contribution is -0.149. The number of carbonyl (C=O) groups excluding carboxylic acids is 1. The van der Waals surface area contributed by atoms with Crippen molar-refractivity contribution in [2.45, 2.75) is 19.3 Å². The third-order valence-electron chi connectivity index (χ3n) is 3.95. The number of hydrogen-bond acceptors (Lipinski definition) is 2. The number of aliphatic carboxylic acids is 1. The molecule has 104 valence electrons. The van der Waals surface area contributed by atoms with Crippen molar-refractivity contribution in [1.82, 2.24) is 10.3 Å². The van der Waals surface area contributed by atoms with Crippen LogP contribution in [0.4, 0.5) is 0 Å². The maximum atomic E-state index is 11.9. The summed E-state index contributed by atoms with van der Waals surface area (Å²) in [5, 5.41) is 12.9. The largest absolute Gasteiger partial charge is 0.480 e. The van der Waals surface area contributed by atoms with Gasteiger partial charge in [0.1, 0.15) is 5.41 Å². The highest BCUT2D eigenvalue weighted by molar-refractivity contribution is 6.04. The predicted octanol–water partition coefficient (Wildman–Crippen LogP) is 1.69. The monoisotopic (exact) mass is 272 g/mol. The fourth-order valence-electron chi connectivity index (χ4n) is 2.48. The van der Waals surface area contributed by atoms with Gasteiger partial charge in [-0.15, -0.1) is 0 Å². The normalized spacial score (nSPS) is 16.0. The Hall–Kier alpha value is -2.30. The van der Waals surface area contributed by atoms with Gasteiger partial charge in [-0.2, -0.15) is 0 Å². The molecule has 0 atom stereocenters. The second-order valence-electron chi connectivity index (χ2n) is 5.25. The van der Waals surface area contributed by atoms with Gasteiger partial charge in [0.05, 0.1) is 0 Å². The molecule has 0 bridgehead atoms. The van der Waals surface area contributed by atoms with Crippen LogP contribution in [0.25, 0.3) is 10.9 Å². The van der Waals surface area contributed by atoms with E-state index >= 15 is 0 Å². The van der Waals surface area contributed by atoms with E-state index in [1.807, 2.05) is 30.5 Å². The quantitative estimate of drug-likeness (QED) is 0.724. The summed E-state index contributed by atoms with van der Waals surface area (Å²) < 4.78 is 0. The Bertz CT molecular complexity index is 671. The Morgan fingerprint density at radius 3 is 2.75 bits per heavy atom. The number of carboxylic acid groups (broad SMARTS) is 1. The van der Waals surface area contributed by atoms with E-state index in [2.05, 4.69) is 10.3 Å². The molecule has 3 N–H and O–H groups in total. The Kier molecular flexibility index (Phi) is 2.97. The molecule has 20 heavy (non-hydrogen) atoms. The first-order valence-electron chi connectivity index (χ1n) is 6.70. The maximum Gasteiger partial charge on any atom is 0.319 e. The number of hydrogen-bond donors (Lipinski definition) is 3. The zero-order valence-electron chi connectivity index (χ0n) is 11.0. The molecule has 3 rings (SSSR count). The van der Waals surface area contributed by atoms with Gasteiger partial charge in [-0.25, -0.2) is 0 Å². The molecule has 0 saturated heterocycles. The zero-order chi connectivity index (χ0) is 14.2. The van der Waals surface area contributed by atoms with Crippen LogP contribution in [0.1, 0.15) is 18.4 Å². The number of nitrogens with one attached hydrogen (secondary N) is 2. The number of aromatic amines is 1. The standard InChI is InChI=1S/C15H16N2O3/c18-13(15(6-7-15)14(19)20)16-8-5-10-9-17-12-4-2-1-3-11(10)12/h1-4,9,17H,5-8H2,(H,16,18)(H,19,20). The van der Waals surface area contributed by atoms with Crippen molar-refractivity contribution >= 4 is 22.8 Å². The lowest BCUT2D eigenvalue weighted by Gasteiger charge is -2.10. The molecule has 0 radical (unpaired) electrons. The van der Waals surface area contributed by atoms with Crippen molar-refractivity contribution in [3.8, 4) is 0 Å². The molecule has 1 aromatic heterocycles. The first-order chi connectivity index (χ1) is 9.63. The summed E-state index contributed by atoms with van der Waals surface area (Å²) in [5.41, 5.74) is 1.04. The van der Waals surface area contributed by atoms with Crippen LogP contribution in [-0.2, 0) is 16.0 Å². The van der Waals surface area contributed by atoms with E-state index < -0.39 is 11.4 Å². The highest BCUT2D eigenvalue weighted by atomic mass is 16.4. The molecule has 5 heteroatoms. The van der Waals surface area contributed by atoms with Crippen molar-refractivity contribution < 1.29 is 14.7 Å². The average molecular weight is 272 g/mol. The van der Waals surface area contributed by atoms with Crippen LogP contribution in [0, 0.1) is 5.41 Å². The Morgan fingerprint density at radius 2 is 2.05 bits per heavy atom. The Balaban J connectivity index is 1.61. The lowest BCUT2D eigenvalue weighted by atomic mass is 10.1. The molecule has 1 saturated carbocycles. The number of rotatable bonds is 5. The molecule has 0 aliphatic heterocycles. The van der Waals surface area contributed by atoms with Gasteiger partial charge in [0.25, 0.3) is 0 Å². The van der Waals surface area contributed by atoms with E-state index in [1.54, 1.807) is 0 Å². The third kappa shape index (κ3) is 2.05. The second-order valence-corrected chi connectivity index (χ2v) is 5.25. The highest BCUT2D eigenvalue weighted by Crippen LogP contribution is 2.46. The molecule has 1 aliphatic carbocycles. The predicted molar refractivity (Wildman–Crippen MR) is 74.3 cm³/mol. The van der Waals surface area contributed by atoms with Crippen molar-refractivity contribution in [2.75, 3.05) is 6.54 Å². The van der Waals surface area contributed by atoms with Gasteiger partial charge in [0, 0.05) is 23.6 Å². The molecular formula is C15H16N2O3. The fraction of sp³-hybridized carbons (Fsp3) is 0.333. The number of aromatic nitrogens is 1. The summed E-state index contributed by atoms with van der Waals surface area (Å²) in [6.45, 7) is 0.454. The summed E-state index contributed by atoms with van der Waals surface area (Å²) in [4.78, 5) is 26.1. The minimum Gasteiger partial charge on any atom is -0.480 e. The summed E-state index contributed by atoms with van der Waals surface area (Å²) in [6, 6.07) is 7.97. The molecule has 0 unspecified atom stereocenters. The van der Waals surface area contributed by atoms with Gasteiger partial charge in [0.15, 0.2) is 0 Å². The van der Waals surface area contributed by atoms with Gasteiger partial charge in [-0.3, -0.25) is 9.59 Å². The molecule has 0 spiro atoms. The minimum atomic E-state index is -1.15. The number of carbonyl (C=O) groups is 2. The van der Waals surface area contributed by atoms with Gasteiger partial charge in [0.2, 0.25) is 5.91 Å². The molecule has 1 heterocycles. The van der Waals surface area contributed by atoms with E-state index in [4.69, 9.17) is 5.11 Å². The van der Waals surface area contributed by atoms with Crippen LogP contribution in [0.3, 0.4) is 0 Å². The number of fused-ring (bicyclic) bond motifs is 1. The molecule has 1 fully saturated rings. The van der Waals surface area contributed by atoms with Crippen LogP contribution in [0.15, 0.2) is 30.5 Å². The topological polar surface area (TPSA) is 82.2 Å². The van der Waals surface area contributed by atoms with Gasteiger partial charge >= 0.3 is 5.97 Å².